The molecule has 0 saturated heterocycles. The maximum Gasteiger partial charge on any atom is 0.158 e. The fraction of sp³-hybridized carbons (Fsp3) is 0.267. The van der Waals surface area contributed by atoms with Crippen LogP contribution in [0.2, 0.25) is 0 Å². The molecule has 0 radical (unpaired) electrons. The van der Waals surface area contributed by atoms with Crippen molar-refractivity contribution in [2.24, 2.45) is 5.92 Å². The Kier molecular flexibility index (Phi) is 4.64. The van der Waals surface area contributed by atoms with Crippen molar-refractivity contribution < 1.29 is 0 Å². The van der Waals surface area contributed by atoms with Gasteiger partial charge in [-0.05, 0) is 18.6 Å². The minimum atomic E-state index is -0.288. The lowest BCUT2D eigenvalue weighted by molar-refractivity contribution is 0.479. The van der Waals surface area contributed by atoms with E-state index in [0.717, 1.165) is 5.56 Å². The molecule has 21 heavy (non-hydrogen) atoms. The second-order valence-corrected chi connectivity index (χ2v) is 4.48. The topological polar surface area (TPSA) is 102 Å². The summed E-state index contributed by atoms with van der Waals surface area (Å²) >= 11 is 0. The number of rotatable bonds is 5. The summed E-state index contributed by atoms with van der Waals surface area (Å²) in [4.78, 5) is 4.20. The molecule has 0 N–H and O–H groups in total. The molecule has 0 bridgehead atoms. The summed E-state index contributed by atoms with van der Waals surface area (Å²) in [5.41, 5.74) is 1.33. The molecule has 1 heterocycles. The van der Waals surface area contributed by atoms with Crippen LogP contribution in [0.4, 0.5) is 0 Å². The zero-order valence-electron chi connectivity index (χ0n) is 11.3. The number of hydrogen-bond donors (Lipinski definition) is 0. The minimum absolute atomic E-state index is 0.288. The van der Waals surface area contributed by atoms with Gasteiger partial charge in [-0.25, -0.2) is 9.67 Å². The van der Waals surface area contributed by atoms with Gasteiger partial charge in [0, 0.05) is 12.0 Å². The first-order valence-electron chi connectivity index (χ1n) is 6.43. The van der Waals surface area contributed by atoms with Crippen LogP contribution in [0.15, 0.2) is 30.6 Å². The van der Waals surface area contributed by atoms with Gasteiger partial charge in [0.1, 0.15) is 6.33 Å². The summed E-state index contributed by atoms with van der Waals surface area (Å²) in [5.74, 6) is 0.327. The third-order valence-corrected chi connectivity index (χ3v) is 3.05. The summed E-state index contributed by atoms with van der Waals surface area (Å²) in [6.45, 7) is 0.379. The van der Waals surface area contributed by atoms with Gasteiger partial charge in [-0.1, -0.05) is 12.1 Å². The van der Waals surface area contributed by atoms with E-state index in [2.05, 4.69) is 22.2 Å². The summed E-state index contributed by atoms with van der Waals surface area (Å²) in [6, 6.07) is 13.4. The van der Waals surface area contributed by atoms with Crippen LogP contribution in [0, 0.1) is 39.9 Å². The van der Waals surface area contributed by atoms with E-state index in [4.69, 9.17) is 15.8 Å². The Labute approximate surface area is 122 Å². The number of aromatic nitrogens is 3. The molecule has 1 atom stereocenters. The van der Waals surface area contributed by atoms with E-state index in [1.54, 1.807) is 22.9 Å². The van der Waals surface area contributed by atoms with Gasteiger partial charge in [-0.3, -0.25) is 0 Å². The summed E-state index contributed by atoms with van der Waals surface area (Å²) in [5, 5.41) is 30.8. The lowest BCUT2D eigenvalue weighted by atomic mass is 10.1. The average molecular weight is 276 g/mol. The summed E-state index contributed by atoms with van der Waals surface area (Å²) < 4.78 is 1.64. The third kappa shape index (κ3) is 3.43. The van der Waals surface area contributed by atoms with Gasteiger partial charge in [0.2, 0.25) is 0 Å². The van der Waals surface area contributed by atoms with Crippen molar-refractivity contribution in [2.75, 3.05) is 0 Å². The molecule has 1 aromatic heterocycles. The average Bonchev–Trinajstić information content (AvgIpc) is 2.99. The zero-order chi connectivity index (χ0) is 15.1. The molecule has 0 unspecified atom stereocenters. The normalized spacial score (nSPS) is 11.1. The smallest absolute Gasteiger partial charge is 0.158 e. The molecular formula is C15H12N6. The van der Waals surface area contributed by atoms with Crippen LogP contribution in [0.5, 0.6) is 0 Å². The Morgan fingerprint density at radius 2 is 2.10 bits per heavy atom. The molecule has 6 nitrogen and oxygen atoms in total. The van der Waals surface area contributed by atoms with Crippen LogP contribution in [0.1, 0.15) is 18.4 Å². The number of benzene rings is 1. The van der Waals surface area contributed by atoms with Gasteiger partial charge < -0.3 is 0 Å². The highest BCUT2D eigenvalue weighted by Gasteiger charge is 2.13. The molecule has 2 aromatic rings. The molecule has 2 rings (SSSR count). The van der Waals surface area contributed by atoms with E-state index in [1.807, 2.05) is 12.1 Å². The Balaban J connectivity index is 2.24. The molecule has 0 amide bonds. The van der Waals surface area contributed by atoms with Crippen LogP contribution < -0.4 is 0 Å². The fourth-order valence-corrected chi connectivity index (χ4v) is 1.99. The molecule has 1 aromatic carbocycles. The van der Waals surface area contributed by atoms with Gasteiger partial charge in [0.25, 0.3) is 0 Å². The molecule has 0 saturated carbocycles. The van der Waals surface area contributed by atoms with E-state index < -0.39 is 0 Å². The molecule has 0 aliphatic carbocycles. The lowest BCUT2D eigenvalue weighted by Crippen LogP contribution is -2.11. The highest BCUT2D eigenvalue weighted by Crippen LogP contribution is 2.19. The van der Waals surface area contributed by atoms with Gasteiger partial charge >= 0.3 is 0 Å². The first kappa shape index (κ1) is 14.2. The molecular weight excluding hydrogens is 264 g/mol. The van der Waals surface area contributed by atoms with Crippen LogP contribution in [-0.4, -0.2) is 14.8 Å². The second kappa shape index (κ2) is 6.84. The van der Waals surface area contributed by atoms with E-state index in [0.29, 0.717) is 30.8 Å². The summed E-state index contributed by atoms with van der Waals surface area (Å²) in [6.07, 6.45) is 2.27. The standard InChI is InChI=1S/C15H12N6/c16-6-2-4-13(9-18)10-21-15(19-11-20-21)14-5-1-3-12(7-14)8-17/h1,3,5,7,11,13H,2,4,10H2/t13-/m1/s1. The highest BCUT2D eigenvalue weighted by molar-refractivity contribution is 5.57. The van der Waals surface area contributed by atoms with Crippen molar-refractivity contribution in [3.8, 4) is 29.6 Å². The van der Waals surface area contributed by atoms with E-state index in [1.165, 1.54) is 6.33 Å². The molecule has 0 fully saturated rings. The largest absolute Gasteiger partial charge is 0.244 e. The minimum Gasteiger partial charge on any atom is -0.244 e. The van der Waals surface area contributed by atoms with Crippen molar-refractivity contribution in [1.82, 2.24) is 14.8 Å². The van der Waals surface area contributed by atoms with Crippen LogP contribution in [0.25, 0.3) is 11.4 Å². The first-order valence-corrected chi connectivity index (χ1v) is 6.43. The van der Waals surface area contributed by atoms with Crippen LogP contribution in [-0.2, 0) is 6.54 Å². The van der Waals surface area contributed by atoms with E-state index in [9.17, 15) is 0 Å². The molecule has 0 aliphatic heterocycles. The zero-order valence-corrected chi connectivity index (χ0v) is 11.3. The van der Waals surface area contributed by atoms with Crippen LogP contribution in [0.3, 0.4) is 0 Å². The fourth-order valence-electron chi connectivity index (χ4n) is 1.99. The Morgan fingerprint density at radius 1 is 1.24 bits per heavy atom. The van der Waals surface area contributed by atoms with Gasteiger partial charge in [0.05, 0.1) is 36.2 Å². The van der Waals surface area contributed by atoms with Gasteiger partial charge in [0.15, 0.2) is 5.82 Å². The van der Waals surface area contributed by atoms with Gasteiger partial charge in [-0.15, -0.1) is 0 Å². The maximum absolute atomic E-state index is 9.13. The predicted molar refractivity (Wildman–Crippen MR) is 74.1 cm³/mol. The van der Waals surface area contributed by atoms with Crippen molar-refractivity contribution in [3.05, 3.63) is 36.2 Å². The van der Waals surface area contributed by atoms with Crippen molar-refractivity contribution >= 4 is 0 Å². The SMILES string of the molecule is N#CCC[C@H](C#N)Cn1ncnc1-c1cccc(C#N)c1. The quantitative estimate of drug-likeness (QED) is 0.833. The van der Waals surface area contributed by atoms with Gasteiger partial charge in [-0.2, -0.15) is 20.9 Å². The Bertz CT molecular complexity index is 740. The Morgan fingerprint density at radius 3 is 2.81 bits per heavy atom. The first-order chi connectivity index (χ1) is 10.3. The second-order valence-electron chi connectivity index (χ2n) is 4.48. The maximum atomic E-state index is 9.13. The lowest BCUT2D eigenvalue weighted by Gasteiger charge is -2.09. The third-order valence-electron chi connectivity index (χ3n) is 3.05. The van der Waals surface area contributed by atoms with E-state index in [-0.39, 0.29) is 5.92 Å². The Hall–Kier alpha value is -3.17. The molecule has 102 valence electrons. The van der Waals surface area contributed by atoms with Crippen molar-refractivity contribution in [1.29, 1.82) is 15.8 Å². The number of nitriles is 3. The number of nitrogens with zero attached hydrogens (tertiary/aromatic N) is 6. The van der Waals surface area contributed by atoms with E-state index >= 15 is 0 Å². The van der Waals surface area contributed by atoms with Crippen molar-refractivity contribution in [3.63, 3.8) is 0 Å². The highest BCUT2D eigenvalue weighted by atomic mass is 15.3. The number of hydrogen-bond acceptors (Lipinski definition) is 5. The van der Waals surface area contributed by atoms with Crippen molar-refractivity contribution in [2.45, 2.75) is 19.4 Å². The molecule has 0 aliphatic rings. The molecule has 6 heteroatoms. The monoisotopic (exact) mass is 276 g/mol. The predicted octanol–water partition coefficient (Wildman–Crippen LogP) is 2.26. The molecule has 0 spiro atoms. The summed E-state index contributed by atoms with van der Waals surface area (Å²) in [7, 11) is 0. The van der Waals surface area contributed by atoms with Crippen LogP contribution >= 0.6 is 0 Å².